The average Bonchev–Trinajstić information content (AvgIpc) is 2.64. The normalized spacial score (nSPS) is 10.9. The van der Waals surface area contributed by atoms with Crippen molar-refractivity contribution in [2.75, 3.05) is 11.9 Å². The summed E-state index contributed by atoms with van der Waals surface area (Å²) in [5, 5.41) is 3.37. The summed E-state index contributed by atoms with van der Waals surface area (Å²) in [5.74, 6) is 1.82. The fourth-order valence-corrected chi connectivity index (χ4v) is 1.61. The van der Waals surface area contributed by atoms with Crippen LogP contribution >= 0.6 is 0 Å². The van der Waals surface area contributed by atoms with E-state index in [4.69, 9.17) is 0 Å². The monoisotopic (exact) mass is 209 g/mol. The zero-order valence-corrected chi connectivity index (χ0v) is 10.2. The topological polar surface area (TPSA) is 29.9 Å². The Labute approximate surface area is 92.9 Å². The first-order valence-corrected chi connectivity index (χ1v) is 5.99. The first-order valence-electron chi connectivity index (χ1n) is 5.99. The summed E-state index contributed by atoms with van der Waals surface area (Å²) in [6, 6.07) is 0. The van der Waals surface area contributed by atoms with E-state index >= 15 is 0 Å². The summed E-state index contributed by atoms with van der Waals surface area (Å²) in [6.07, 6.45) is 7.71. The zero-order chi connectivity index (χ0) is 11.1. The van der Waals surface area contributed by atoms with E-state index in [9.17, 15) is 0 Å². The van der Waals surface area contributed by atoms with Gasteiger partial charge in [-0.3, -0.25) is 0 Å². The van der Waals surface area contributed by atoms with Crippen LogP contribution in [0.15, 0.2) is 12.4 Å². The van der Waals surface area contributed by atoms with Crippen molar-refractivity contribution in [2.45, 2.75) is 46.6 Å². The van der Waals surface area contributed by atoms with Crippen molar-refractivity contribution in [3.05, 3.63) is 12.4 Å². The maximum atomic E-state index is 4.27. The average molecular weight is 209 g/mol. The van der Waals surface area contributed by atoms with E-state index in [0.717, 1.165) is 25.0 Å². The van der Waals surface area contributed by atoms with Gasteiger partial charge in [-0.05, 0) is 19.3 Å². The van der Waals surface area contributed by atoms with E-state index in [1.165, 1.54) is 19.3 Å². The summed E-state index contributed by atoms with van der Waals surface area (Å²) in [5.41, 5.74) is 0. The largest absolute Gasteiger partial charge is 0.356 e. The number of aryl methyl sites for hydroxylation is 1. The molecule has 1 N–H and O–H groups in total. The number of imidazole rings is 1. The van der Waals surface area contributed by atoms with Crippen molar-refractivity contribution < 1.29 is 0 Å². The highest BCUT2D eigenvalue weighted by Crippen LogP contribution is 2.07. The second-order valence-electron chi connectivity index (χ2n) is 4.35. The highest BCUT2D eigenvalue weighted by molar-refractivity contribution is 5.25. The Balaban J connectivity index is 2.15. The molecule has 0 fully saturated rings. The number of anilines is 1. The number of nitrogens with zero attached hydrogens (tertiary/aromatic N) is 2. The fraction of sp³-hybridized carbons (Fsp3) is 0.750. The van der Waals surface area contributed by atoms with E-state index in [1.807, 2.05) is 12.4 Å². The van der Waals surface area contributed by atoms with Gasteiger partial charge >= 0.3 is 0 Å². The minimum absolute atomic E-state index is 0.822. The smallest absolute Gasteiger partial charge is 0.202 e. The predicted octanol–water partition coefficient (Wildman–Crippen LogP) is 3.14. The summed E-state index contributed by atoms with van der Waals surface area (Å²) < 4.78 is 2.13. The number of aromatic nitrogens is 2. The molecule has 0 saturated heterocycles. The molecule has 15 heavy (non-hydrogen) atoms. The van der Waals surface area contributed by atoms with Gasteiger partial charge in [0.2, 0.25) is 5.95 Å². The molecule has 0 radical (unpaired) electrons. The van der Waals surface area contributed by atoms with Crippen LogP contribution in [0.2, 0.25) is 0 Å². The van der Waals surface area contributed by atoms with Crippen molar-refractivity contribution in [2.24, 2.45) is 5.92 Å². The molecule has 0 spiro atoms. The van der Waals surface area contributed by atoms with Crippen LogP contribution in [0.5, 0.6) is 0 Å². The lowest BCUT2D eigenvalue weighted by Crippen LogP contribution is -2.08. The van der Waals surface area contributed by atoms with Crippen molar-refractivity contribution in [1.29, 1.82) is 0 Å². The number of unbranched alkanes of at least 4 members (excludes halogenated alkanes) is 1. The van der Waals surface area contributed by atoms with Gasteiger partial charge in [-0.2, -0.15) is 0 Å². The summed E-state index contributed by atoms with van der Waals surface area (Å²) in [6.45, 7) is 8.69. The quantitative estimate of drug-likeness (QED) is 0.699. The molecule has 0 aliphatic rings. The summed E-state index contributed by atoms with van der Waals surface area (Å²) >= 11 is 0. The van der Waals surface area contributed by atoms with Crippen LogP contribution in [0.1, 0.15) is 40.0 Å². The molecular weight excluding hydrogens is 186 g/mol. The Morgan fingerprint density at radius 2 is 2.20 bits per heavy atom. The SMILES string of the molecule is CCn1ccnc1NCCCCC(C)C. The van der Waals surface area contributed by atoms with Gasteiger partial charge in [0.1, 0.15) is 0 Å². The molecule has 0 aliphatic heterocycles. The molecule has 0 aliphatic carbocycles. The lowest BCUT2D eigenvalue weighted by Gasteiger charge is -2.08. The molecule has 3 heteroatoms. The lowest BCUT2D eigenvalue weighted by atomic mass is 10.1. The van der Waals surface area contributed by atoms with Crippen molar-refractivity contribution >= 4 is 5.95 Å². The Hall–Kier alpha value is -0.990. The van der Waals surface area contributed by atoms with E-state index in [-0.39, 0.29) is 0 Å². The van der Waals surface area contributed by atoms with E-state index in [0.29, 0.717) is 0 Å². The van der Waals surface area contributed by atoms with Gasteiger partial charge in [-0.25, -0.2) is 4.98 Å². The summed E-state index contributed by atoms with van der Waals surface area (Å²) in [4.78, 5) is 4.27. The number of nitrogens with one attached hydrogen (secondary N) is 1. The maximum absolute atomic E-state index is 4.27. The summed E-state index contributed by atoms with van der Waals surface area (Å²) in [7, 11) is 0. The van der Waals surface area contributed by atoms with Crippen LogP contribution in [-0.2, 0) is 6.54 Å². The van der Waals surface area contributed by atoms with Crippen LogP contribution in [0.3, 0.4) is 0 Å². The number of hydrogen-bond acceptors (Lipinski definition) is 2. The van der Waals surface area contributed by atoms with Crippen molar-refractivity contribution in [3.63, 3.8) is 0 Å². The number of rotatable bonds is 7. The zero-order valence-electron chi connectivity index (χ0n) is 10.2. The first-order chi connectivity index (χ1) is 7.24. The van der Waals surface area contributed by atoms with Gasteiger partial charge in [0.25, 0.3) is 0 Å². The third-order valence-electron chi connectivity index (χ3n) is 2.55. The van der Waals surface area contributed by atoms with Crippen molar-refractivity contribution in [1.82, 2.24) is 9.55 Å². The van der Waals surface area contributed by atoms with Gasteiger partial charge in [0, 0.05) is 25.5 Å². The molecule has 0 unspecified atom stereocenters. The lowest BCUT2D eigenvalue weighted by molar-refractivity contribution is 0.544. The Kier molecular flexibility index (Phi) is 5.22. The molecule has 3 nitrogen and oxygen atoms in total. The van der Waals surface area contributed by atoms with Gasteiger partial charge in [0.15, 0.2) is 0 Å². The number of hydrogen-bond donors (Lipinski definition) is 1. The molecule has 1 aromatic heterocycles. The van der Waals surface area contributed by atoms with Crippen molar-refractivity contribution in [3.8, 4) is 0 Å². The maximum Gasteiger partial charge on any atom is 0.202 e. The molecule has 0 saturated carbocycles. The van der Waals surface area contributed by atoms with E-state index < -0.39 is 0 Å². The first kappa shape index (κ1) is 12.1. The van der Waals surface area contributed by atoms with Gasteiger partial charge in [-0.15, -0.1) is 0 Å². The van der Waals surface area contributed by atoms with E-state index in [1.54, 1.807) is 0 Å². The van der Waals surface area contributed by atoms with Gasteiger partial charge < -0.3 is 9.88 Å². The van der Waals surface area contributed by atoms with Gasteiger partial charge in [0.05, 0.1) is 0 Å². The standard InChI is InChI=1S/C12H23N3/c1-4-15-10-9-14-12(15)13-8-6-5-7-11(2)3/h9-11H,4-8H2,1-3H3,(H,13,14). The molecular formula is C12H23N3. The van der Waals surface area contributed by atoms with Crippen LogP contribution in [-0.4, -0.2) is 16.1 Å². The Morgan fingerprint density at radius 1 is 1.40 bits per heavy atom. The Morgan fingerprint density at radius 3 is 2.87 bits per heavy atom. The molecule has 0 bridgehead atoms. The highest BCUT2D eigenvalue weighted by Gasteiger charge is 1.99. The molecule has 0 amide bonds. The molecule has 0 aromatic carbocycles. The highest BCUT2D eigenvalue weighted by atomic mass is 15.2. The van der Waals surface area contributed by atoms with E-state index in [2.05, 4.69) is 35.6 Å². The minimum Gasteiger partial charge on any atom is -0.356 e. The second kappa shape index (κ2) is 6.49. The molecule has 1 heterocycles. The third kappa shape index (κ3) is 4.36. The van der Waals surface area contributed by atoms with Crippen LogP contribution in [0.25, 0.3) is 0 Å². The molecule has 1 aromatic rings. The Bertz CT molecular complexity index is 266. The fourth-order valence-electron chi connectivity index (χ4n) is 1.61. The van der Waals surface area contributed by atoms with Crippen LogP contribution < -0.4 is 5.32 Å². The molecule has 1 rings (SSSR count). The second-order valence-corrected chi connectivity index (χ2v) is 4.35. The molecule has 86 valence electrons. The van der Waals surface area contributed by atoms with Crippen LogP contribution in [0, 0.1) is 5.92 Å². The molecule has 0 atom stereocenters. The third-order valence-corrected chi connectivity index (χ3v) is 2.55. The van der Waals surface area contributed by atoms with Gasteiger partial charge in [-0.1, -0.05) is 26.7 Å². The van der Waals surface area contributed by atoms with Crippen LogP contribution in [0.4, 0.5) is 5.95 Å². The minimum atomic E-state index is 0.822. The predicted molar refractivity (Wildman–Crippen MR) is 65.1 cm³/mol.